The lowest BCUT2D eigenvalue weighted by Gasteiger charge is -2.30. The molecule has 1 aliphatic rings. The molecule has 2 heteroatoms. The van der Waals surface area contributed by atoms with Crippen LogP contribution in [-0.4, -0.2) is 4.57 Å². The molecule has 0 saturated heterocycles. The summed E-state index contributed by atoms with van der Waals surface area (Å²) in [4.78, 5) is 2.49. The van der Waals surface area contributed by atoms with Crippen molar-refractivity contribution in [3.05, 3.63) is 205 Å². The normalized spacial score (nSPS) is 12.9. The van der Waals surface area contributed by atoms with Gasteiger partial charge in [-0.15, -0.1) is 0 Å². The monoisotopic (exact) mass is 678 g/mol. The van der Waals surface area contributed by atoms with E-state index in [1.165, 1.54) is 66.3 Å². The summed E-state index contributed by atoms with van der Waals surface area (Å²) in [6, 6.07) is 70.8. The van der Waals surface area contributed by atoms with Gasteiger partial charge in [-0.3, -0.25) is 0 Å². The van der Waals surface area contributed by atoms with E-state index in [1.54, 1.807) is 0 Å². The minimum atomic E-state index is -0.152. The fourth-order valence-corrected chi connectivity index (χ4v) is 8.79. The average Bonchev–Trinajstić information content (AvgIpc) is 3.68. The molecule has 252 valence electrons. The highest BCUT2D eigenvalue weighted by molar-refractivity contribution is 6.16. The highest BCUT2D eigenvalue weighted by Crippen LogP contribution is 2.55. The van der Waals surface area contributed by atoms with E-state index < -0.39 is 0 Å². The van der Waals surface area contributed by atoms with Gasteiger partial charge >= 0.3 is 0 Å². The van der Waals surface area contributed by atoms with Gasteiger partial charge in [0, 0.05) is 33.2 Å². The number of para-hydroxylation sites is 2. The lowest BCUT2D eigenvalue weighted by molar-refractivity contribution is 0.662. The van der Waals surface area contributed by atoms with Crippen LogP contribution >= 0.6 is 0 Å². The smallest absolute Gasteiger partial charge is 0.0562 e. The Bertz CT molecular complexity index is 2780. The third-order valence-corrected chi connectivity index (χ3v) is 11.1. The van der Waals surface area contributed by atoms with Crippen molar-refractivity contribution in [2.24, 2.45) is 0 Å². The molecule has 0 unspecified atom stereocenters. The number of hydrogen-bond donors (Lipinski definition) is 0. The molecule has 0 fully saturated rings. The van der Waals surface area contributed by atoms with Gasteiger partial charge in [0.15, 0.2) is 0 Å². The van der Waals surface area contributed by atoms with E-state index in [9.17, 15) is 0 Å². The van der Waals surface area contributed by atoms with Crippen molar-refractivity contribution in [2.45, 2.75) is 19.3 Å². The second-order valence-corrected chi connectivity index (χ2v) is 14.6. The molecule has 0 amide bonds. The average molecular weight is 679 g/mol. The van der Waals surface area contributed by atoms with Crippen molar-refractivity contribution >= 4 is 38.9 Å². The van der Waals surface area contributed by atoms with Crippen LogP contribution in [0.5, 0.6) is 0 Å². The molecule has 0 spiro atoms. The van der Waals surface area contributed by atoms with Gasteiger partial charge in [0.1, 0.15) is 0 Å². The molecule has 53 heavy (non-hydrogen) atoms. The van der Waals surface area contributed by atoms with Crippen LogP contribution in [0, 0.1) is 0 Å². The van der Waals surface area contributed by atoms with Gasteiger partial charge in [-0.2, -0.15) is 0 Å². The number of anilines is 3. The second kappa shape index (κ2) is 12.3. The number of hydrogen-bond acceptors (Lipinski definition) is 1. The molecule has 8 aromatic carbocycles. The van der Waals surface area contributed by atoms with Crippen LogP contribution in [0.1, 0.15) is 25.0 Å². The first-order valence-corrected chi connectivity index (χ1v) is 18.4. The van der Waals surface area contributed by atoms with Crippen molar-refractivity contribution in [3.8, 4) is 39.1 Å². The van der Waals surface area contributed by atoms with Gasteiger partial charge in [0.25, 0.3) is 0 Å². The zero-order valence-electron chi connectivity index (χ0n) is 29.9. The SMILES string of the molecule is CC1(C)c2ccccc2-c2cc(N(c3ccc(-c4ccccc4)cc3)c3cccc4c3c3ccccc3n4-c3ccccc3)cc(-c3ccccc3)c21. The fraction of sp³-hybridized carbons (Fsp3) is 0.0588. The highest BCUT2D eigenvalue weighted by Gasteiger charge is 2.38. The first kappa shape index (κ1) is 31.1. The van der Waals surface area contributed by atoms with E-state index >= 15 is 0 Å². The first-order valence-electron chi connectivity index (χ1n) is 18.4. The number of nitrogens with zero attached hydrogens (tertiary/aromatic N) is 2. The van der Waals surface area contributed by atoms with E-state index in [1.807, 2.05) is 0 Å². The van der Waals surface area contributed by atoms with Crippen molar-refractivity contribution in [2.75, 3.05) is 4.90 Å². The standard InChI is InChI=1S/C51H38N2/c1-51(2)45-25-14-12-23-41(45)44-34-40(33-43(50(44)51)37-19-8-4-9-20-37)52(39-31-29-36(30-32-39)35-17-6-3-7-18-35)47-27-16-28-48-49(47)42-24-13-15-26-46(42)53(48)38-21-10-5-11-22-38/h3-34H,1-2H3. The van der Waals surface area contributed by atoms with Crippen molar-refractivity contribution < 1.29 is 0 Å². The van der Waals surface area contributed by atoms with Crippen molar-refractivity contribution in [3.63, 3.8) is 0 Å². The number of rotatable bonds is 6. The van der Waals surface area contributed by atoms with Crippen molar-refractivity contribution in [1.29, 1.82) is 0 Å². The summed E-state index contributed by atoms with van der Waals surface area (Å²) < 4.78 is 2.40. The van der Waals surface area contributed by atoms with Gasteiger partial charge in [0.05, 0.1) is 16.7 Å². The Morgan fingerprint density at radius 3 is 1.77 bits per heavy atom. The van der Waals surface area contributed by atoms with E-state index in [0.717, 1.165) is 22.7 Å². The number of benzene rings is 8. The molecule has 10 rings (SSSR count). The lowest BCUT2D eigenvalue weighted by atomic mass is 9.78. The third-order valence-electron chi connectivity index (χ3n) is 11.1. The number of aromatic nitrogens is 1. The molecule has 1 heterocycles. The Morgan fingerprint density at radius 2 is 1.02 bits per heavy atom. The summed E-state index contributed by atoms with van der Waals surface area (Å²) in [5.41, 5.74) is 17.0. The summed E-state index contributed by atoms with van der Waals surface area (Å²) in [5, 5.41) is 2.45. The van der Waals surface area contributed by atoms with Gasteiger partial charge < -0.3 is 9.47 Å². The van der Waals surface area contributed by atoms with E-state index in [0.29, 0.717) is 0 Å². The van der Waals surface area contributed by atoms with Crippen molar-refractivity contribution in [1.82, 2.24) is 4.57 Å². The Hall–Kier alpha value is -6.64. The third kappa shape index (κ3) is 4.94. The molecule has 0 aliphatic heterocycles. The summed E-state index contributed by atoms with van der Waals surface area (Å²) in [7, 11) is 0. The van der Waals surface area contributed by atoms with Crippen LogP contribution in [0.3, 0.4) is 0 Å². The minimum Gasteiger partial charge on any atom is -0.310 e. The van der Waals surface area contributed by atoms with E-state index in [2.05, 4.69) is 217 Å². The Kier molecular flexibility index (Phi) is 7.19. The highest BCUT2D eigenvalue weighted by atomic mass is 15.1. The molecule has 9 aromatic rings. The van der Waals surface area contributed by atoms with Gasteiger partial charge in [0.2, 0.25) is 0 Å². The summed E-state index contributed by atoms with van der Waals surface area (Å²) in [6.45, 7) is 4.76. The Balaban J connectivity index is 1.29. The molecule has 0 saturated carbocycles. The van der Waals surface area contributed by atoms with Crippen LogP contribution in [0.25, 0.3) is 60.9 Å². The van der Waals surface area contributed by atoms with Crippen LogP contribution in [0.4, 0.5) is 17.1 Å². The second-order valence-electron chi connectivity index (χ2n) is 14.6. The van der Waals surface area contributed by atoms with Gasteiger partial charge in [-0.1, -0.05) is 153 Å². The summed E-state index contributed by atoms with van der Waals surface area (Å²) >= 11 is 0. The lowest BCUT2D eigenvalue weighted by Crippen LogP contribution is -2.17. The Labute approximate surface area is 310 Å². The molecule has 1 aromatic heterocycles. The van der Waals surface area contributed by atoms with E-state index in [4.69, 9.17) is 0 Å². The molecular formula is C51H38N2. The van der Waals surface area contributed by atoms with Crippen LogP contribution < -0.4 is 4.90 Å². The summed E-state index contributed by atoms with van der Waals surface area (Å²) in [5.74, 6) is 0. The maximum atomic E-state index is 2.49. The zero-order chi connectivity index (χ0) is 35.5. The van der Waals surface area contributed by atoms with E-state index in [-0.39, 0.29) is 5.41 Å². The largest absolute Gasteiger partial charge is 0.310 e. The Morgan fingerprint density at radius 1 is 0.434 bits per heavy atom. The number of fused-ring (bicyclic) bond motifs is 6. The molecule has 0 radical (unpaired) electrons. The molecular weight excluding hydrogens is 641 g/mol. The summed E-state index contributed by atoms with van der Waals surface area (Å²) in [6.07, 6.45) is 0. The van der Waals surface area contributed by atoms with Crippen LogP contribution in [-0.2, 0) is 5.41 Å². The first-order chi connectivity index (χ1) is 26.1. The molecule has 2 nitrogen and oxygen atoms in total. The molecule has 1 aliphatic carbocycles. The predicted molar refractivity (Wildman–Crippen MR) is 224 cm³/mol. The van der Waals surface area contributed by atoms with Gasteiger partial charge in [-0.25, -0.2) is 0 Å². The maximum absolute atomic E-state index is 2.49. The zero-order valence-corrected chi connectivity index (χ0v) is 29.9. The fourth-order valence-electron chi connectivity index (χ4n) is 8.79. The molecule has 0 atom stereocenters. The predicted octanol–water partition coefficient (Wildman–Crippen LogP) is 13.9. The quantitative estimate of drug-likeness (QED) is 0.170. The molecule has 0 N–H and O–H groups in total. The van der Waals surface area contributed by atoms with Gasteiger partial charge in [-0.05, 0) is 99.1 Å². The van der Waals surface area contributed by atoms with Crippen LogP contribution in [0.2, 0.25) is 0 Å². The maximum Gasteiger partial charge on any atom is 0.0562 e. The van der Waals surface area contributed by atoms with Crippen LogP contribution in [0.15, 0.2) is 194 Å². The molecule has 0 bridgehead atoms. The topological polar surface area (TPSA) is 8.17 Å². The minimum absolute atomic E-state index is 0.152.